The van der Waals surface area contributed by atoms with Crippen molar-refractivity contribution in [3.8, 4) is 0 Å². The average molecular weight is 305 g/mol. The molecule has 1 N–H and O–H groups in total. The first-order chi connectivity index (χ1) is 10.2. The number of likely N-dealkylation sites (tertiary alicyclic amines) is 1. The van der Waals surface area contributed by atoms with E-state index in [-0.39, 0.29) is 11.9 Å². The van der Waals surface area contributed by atoms with E-state index in [4.69, 9.17) is 0 Å². The maximum absolute atomic E-state index is 13.6. The van der Waals surface area contributed by atoms with Crippen molar-refractivity contribution in [3.63, 3.8) is 0 Å². The van der Waals surface area contributed by atoms with Crippen molar-refractivity contribution in [1.29, 1.82) is 0 Å². The van der Waals surface area contributed by atoms with E-state index in [2.05, 4.69) is 0 Å². The quantitative estimate of drug-likeness (QED) is 0.939. The van der Waals surface area contributed by atoms with Gasteiger partial charge in [0.2, 0.25) is 0 Å². The van der Waals surface area contributed by atoms with Gasteiger partial charge in [-0.25, -0.2) is 4.39 Å². The highest BCUT2D eigenvalue weighted by atomic mass is 32.1. The van der Waals surface area contributed by atoms with Crippen LogP contribution in [0.5, 0.6) is 0 Å². The third-order valence-electron chi connectivity index (χ3n) is 3.89. The largest absolute Gasteiger partial charge is 0.480 e. The fourth-order valence-electron chi connectivity index (χ4n) is 3.01. The standard InChI is InChI=1S/C16H16FNO2S/c17-12-5-1-4-11(10-12)15(14-7-3-9-21-14)18-8-2-6-13(18)16(19)20/h1,3-5,7,9-10,13,15H,2,6,8H2,(H,19,20). The van der Waals surface area contributed by atoms with E-state index in [1.54, 1.807) is 17.4 Å². The lowest BCUT2D eigenvalue weighted by Gasteiger charge is -2.31. The van der Waals surface area contributed by atoms with Crippen LogP contribution in [-0.2, 0) is 4.79 Å². The van der Waals surface area contributed by atoms with Gasteiger partial charge >= 0.3 is 5.97 Å². The van der Waals surface area contributed by atoms with Crippen LogP contribution in [0, 0.1) is 5.82 Å². The predicted molar refractivity (Wildman–Crippen MR) is 79.9 cm³/mol. The van der Waals surface area contributed by atoms with Gasteiger partial charge in [-0.15, -0.1) is 11.3 Å². The third-order valence-corrected chi connectivity index (χ3v) is 4.81. The van der Waals surface area contributed by atoms with Crippen LogP contribution in [0.1, 0.15) is 29.3 Å². The third kappa shape index (κ3) is 2.84. The SMILES string of the molecule is O=C(O)C1CCCN1C(c1cccc(F)c1)c1cccs1. The van der Waals surface area contributed by atoms with Crippen molar-refractivity contribution < 1.29 is 14.3 Å². The second-order valence-corrected chi connectivity index (χ2v) is 6.19. The summed E-state index contributed by atoms with van der Waals surface area (Å²) in [6.07, 6.45) is 1.50. The Labute approximate surface area is 126 Å². The molecule has 2 aromatic rings. The Hall–Kier alpha value is -1.72. The molecule has 21 heavy (non-hydrogen) atoms. The molecule has 1 saturated heterocycles. The Morgan fingerprint density at radius 1 is 1.38 bits per heavy atom. The van der Waals surface area contributed by atoms with E-state index < -0.39 is 12.0 Å². The van der Waals surface area contributed by atoms with Gasteiger partial charge in [0, 0.05) is 11.4 Å². The first kappa shape index (κ1) is 14.2. The van der Waals surface area contributed by atoms with Gasteiger partial charge in [0.05, 0.1) is 6.04 Å². The zero-order valence-electron chi connectivity index (χ0n) is 11.4. The normalized spacial score (nSPS) is 20.5. The van der Waals surface area contributed by atoms with Crippen LogP contribution < -0.4 is 0 Å². The second kappa shape index (κ2) is 5.95. The van der Waals surface area contributed by atoms with Crippen LogP contribution in [-0.4, -0.2) is 28.6 Å². The Kier molecular flexibility index (Phi) is 4.03. The summed E-state index contributed by atoms with van der Waals surface area (Å²) in [6.45, 7) is 0.718. The number of carboxylic acid groups (broad SMARTS) is 1. The number of thiophene rings is 1. The van der Waals surface area contributed by atoms with Crippen LogP contribution in [0.3, 0.4) is 0 Å². The maximum atomic E-state index is 13.6. The molecule has 0 radical (unpaired) electrons. The van der Waals surface area contributed by atoms with E-state index in [1.165, 1.54) is 12.1 Å². The molecule has 2 heterocycles. The molecule has 110 valence electrons. The molecule has 2 unspecified atom stereocenters. The molecule has 0 amide bonds. The lowest BCUT2D eigenvalue weighted by atomic mass is 10.0. The maximum Gasteiger partial charge on any atom is 0.320 e. The molecular weight excluding hydrogens is 289 g/mol. The average Bonchev–Trinajstić information content (AvgIpc) is 3.10. The molecule has 0 spiro atoms. The van der Waals surface area contributed by atoms with Gasteiger partial charge in [-0.3, -0.25) is 9.69 Å². The van der Waals surface area contributed by atoms with Crippen LogP contribution in [0.25, 0.3) is 0 Å². The highest BCUT2D eigenvalue weighted by molar-refractivity contribution is 7.10. The molecule has 0 aliphatic carbocycles. The number of benzene rings is 1. The van der Waals surface area contributed by atoms with Crippen LogP contribution in [0.4, 0.5) is 4.39 Å². The molecule has 0 saturated carbocycles. The van der Waals surface area contributed by atoms with E-state index in [1.807, 2.05) is 28.5 Å². The Morgan fingerprint density at radius 2 is 2.24 bits per heavy atom. The molecule has 1 aromatic heterocycles. The highest BCUT2D eigenvalue weighted by Crippen LogP contribution is 2.37. The number of nitrogens with zero attached hydrogens (tertiary/aromatic N) is 1. The molecule has 1 fully saturated rings. The van der Waals surface area contributed by atoms with Gasteiger partial charge < -0.3 is 5.11 Å². The highest BCUT2D eigenvalue weighted by Gasteiger charge is 2.37. The predicted octanol–water partition coefficient (Wildman–Crippen LogP) is 3.53. The Bertz CT molecular complexity index is 629. The summed E-state index contributed by atoms with van der Waals surface area (Å²) in [6, 6.07) is 9.69. The van der Waals surface area contributed by atoms with Crippen molar-refractivity contribution in [2.45, 2.75) is 24.9 Å². The summed E-state index contributed by atoms with van der Waals surface area (Å²) in [7, 11) is 0. The first-order valence-electron chi connectivity index (χ1n) is 6.94. The second-order valence-electron chi connectivity index (χ2n) is 5.21. The van der Waals surface area contributed by atoms with Gasteiger partial charge in [-0.05, 0) is 42.0 Å². The van der Waals surface area contributed by atoms with Gasteiger partial charge in [0.25, 0.3) is 0 Å². The monoisotopic (exact) mass is 305 g/mol. The summed E-state index contributed by atoms with van der Waals surface area (Å²) < 4.78 is 13.6. The number of halogens is 1. The van der Waals surface area contributed by atoms with Crippen molar-refractivity contribution in [3.05, 3.63) is 58.0 Å². The summed E-state index contributed by atoms with van der Waals surface area (Å²) in [5.74, 6) is -1.09. The van der Waals surface area contributed by atoms with Gasteiger partial charge in [-0.2, -0.15) is 0 Å². The topological polar surface area (TPSA) is 40.5 Å². The molecule has 0 bridgehead atoms. The number of rotatable bonds is 4. The Morgan fingerprint density at radius 3 is 2.90 bits per heavy atom. The van der Waals surface area contributed by atoms with Gasteiger partial charge in [-0.1, -0.05) is 18.2 Å². The van der Waals surface area contributed by atoms with Gasteiger partial charge in [0.15, 0.2) is 0 Å². The van der Waals surface area contributed by atoms with E-state index in [0.29, 0.717) is 6.42 Å². The number of aliphatic carboxylic acids is 1. The number of carbonyl (C=O) groups is 1. The minimum absolute atomic E-state index is 0.190. The van der Waals surface area contributed by atoms with Crippen LogP contribution >= 0.6 is 11.3 Å². The zero-order valence-corrected chi connectivity index (χ0v) is 12.2. The molecule has 1 aromatic carbocycles. The molecule has 2 atom stereocenters. The molecule has 1 aliphatic rings. The lowest BCUT2D eigenvalue weighted by molar-refractivity contribution is -0.142. The fraction of sp³-hybridized carbons (Fsp3) is 0.312. The van der Waals surface area contributed by atoms with E-state index >= 15 is 0 Å². The Balaban J connectivity index is 2.03. The van der Waals surface area contributed by atoms with Gasteiger partial charge in [0.1, 0.15) is 11.9 Å². The van der Waals surface area contributed by atoms with Crippen molar-refractivity contribution >= 4 is 17.3 Å². The number of hydrogen-bond donors (Lipinski definition) is 1. The minimum Gasteiger partial charge on any atom is -0.480 e. The van der Waals surface area contributed by atoms with Crippen molar-refractivity contribution in [2.24, 2.45) is 0 Å². The molecule has 5 heteroatoms. The molecular formula is C16H16FNO2S. The lowest BCUT2D eigenvalue weighted by Crippen LogP contribution is -2.39. The summed E-state index contributed by atoms with van der Waals surface area (Å²) in [5, 5.41) is 11.4. The van der Waals surface area contributed by atoms with E-state index in [9.17, 15) is 14.3 Å². The fourth-order valence-corrected chi connectivity index (χ4v) is 3.88. The zero-order chi connectivity index (χ0) is 14.8. The van der Waals surface area contributed by atoms with Crippen molar-refractivity contribution in [2.75, 3.05) is 6.54 Å². The molecule has 3 rings (SSSR count). The summed E-state index contributed by atoms with van der Waals surface area (Å²) in [5.41, 5.74) is 0.811. The summed E-state index contributed by atoms with van der Waals surface area (Å²) >= 11 is 1.58. The number of hydrogen-bond acceptors (Lipinski definition) is 3. The van der Waals surface area contributed by atoms with Crippen LogP contribution in [0.2, 0.25) is 0 Å². The van der Waals surface area contributed by atoms with Crippen LogP contribution in [0.15, 0.2) is 41.8 Å². The number of carboxylic acids is 1. The summed E-state index contributed by atoms with van der Waals surface area (Å²) in [4.78, 5) is 14.5. The van der Waals surface area contributed by atoms with Crippen molar-refractivity contribution in [1.82, 2.24) is 4.90 Å². The molecule has 1 aliphatic heterocycles. The molecule has 3 nitrogen and oxygen atoms in total. The smallest absolute Gasteiger partial charge is 0.320 e. The first-order valence-corrected chi connectivity index (χ1v) is 7.82. The van der Waals surface area contributed by atoms with E-state index in [0.717, 1.165) is 23.4 Å². The minimum atomic E-state index is -0.801.